The van der Waals surface area contributed by atoms with Crippen molar-refractivity contribution in [1.82, 2.24) is 4.90 Å². The zero-order valence-electron chi connectivity index (χ0n) is 13.1. The first kappa shape index (κ1) is 17.0. The topological polar surface area (TPSA) is 53.9 Å². The molecule has 1 saturated heterocycles. The minimum Gasteiger partial charge on any atom is -0.338 e. The molecular formula is C16H23BrN3O2+. The molecule has 5 nitrogen and oxygen atoms in total. The fourth-order valence-corrected chi connectivity index (χ4v) is 2.97. The molecule has 0 aromatic heterocycles. The lowest BCUT2D eigenvalue weighted by atomic mass is 10.2. The van der Waals surface area contributed by atoms with E-state index in [9.17, 15) is 9.59 Å². The molecule has 1 aromatic carbocycles. The van der Waals surface area contributed by atoms with E-state index >= 15 is 0 Å². The van der Waals surface area contributed by atoms with Crippen LogP contribution in [0.25, 0.3) is 0 Å². The van der Waals surface area contributed by atoms with E-state index < -0.39 is 0 Å². The van der Waals surface area contributed by atoms with Crippen LogP contribution in [0.1, 0.15) is 19.8 Å². The quantitative estimate of drug-likeness (QED) is 0.811. The molecule has 1 aliphatic rings. The van der Waals surface area contributed by atoms with Crippen LogP contribution in [0.2, 0.25) is 0 Å². The molecule has 0 radical (unpaired) electrons. The highest BCUT2D eigenvalue weighted by atomic mass is 79.9. The Morgan fingerprint density at radius 3 is 2.59 bits per heavy atom. The van der Waals surface area contributed by atoms with E-state index in [-0.39, 0.29) is 24.4 Å². The van der Waals surface area contributed by atoms with Gasteiger partial charge in [-0.25, -0.2) is 0 Å². The second-order valence-electron chi connectivity index (χ2n) is 5.81. The van der Waals surface area contributed by atoms with Crippen molar-refractivity contribution in [2.75, 3.05) is 32.0 Å². The maximum Gasteiger partial charge on any atom is 0.280 e. The third-order valence-electron chi connectivity index (χ3n) is 4.11. The second-order valence-corrected chi connectivity index (χ2v) is 6.66. The SMILES string of the molecule is C[C@@H](C(=O)N1CCCC1)[NH+](C)CC(=O)Nc1ccccc1Br. The summed E-state index contributed by atoms with van der Waals surface area (Å²) in [7, 11) is 1.89. The van der Waals surface area contributed by atoms with E-state index in [1.165, 1.54) is 0 Å². The number of likely N-dealkylation sites (N-methyl/N-ethyl adjacent to an activating group) is 1. The van der Waals surface area contributed by atoms with Gasteiger partial charge in [-0.15, -0.1) is 0 Å². The van der Waals surface area contributed by atoms with Gasteiger partial charge in [0.15, 0.2) is 12.6 Å². The van der Waals surface area contributed by atoms with E-state index in [1.54, 1.807) is 0 Å². The third-order valence-corrected chi connectivity index (χ3v) is 4.81. The zero-order chi connectivity index (χ0) is 16.1. The van der Waals surface area contributed by atoms with Gasteiger partial charge in [0.25, 0.3) is 11.8 Å². The molecule has 2 N–H and O–H groups in total. The molecule has 6 heteroatoms. The predicted octanol–water partition coefficient (Wildman–Crippen LogP) is 0.913. The number of amides is 2. The maximum absolute atomic E-state index is 12.3. The first-order valence-corrected chi connectivity index (χ1v) is 8.44. The summed E-state index contributed by atoms with van der Waals surface area (Å²) >= 11 is 3.41. The number of rotatable bonds is 5. The van der Waals surface area contributed by atoms with Crippen LogP contribution in [-0.4, -0.2) is 49.4 Å². The number of nitrogens with one attached hydrogen (secondary N) is 2. The van der Waals surface area contributed by atoms with E-state index in [2.05, 4.69) is 21.2 Å². The van der Waals surface area contributed by atoms with Crippen LogP contribution >= 0.6 is 15.9 Å². The zero-order valence-corrected chi connectivity index (χ0v) is 14.6. The molecule has 0 bridgehead atoms. The number of carbonyl (C=O) groups excluding carboxylic acids is 2. The Balaban J connectivity index is 1.87. The number of benzene rings is 1. The second kappa shape index (κ2) is 7.74. The molecule has 1 unspecified atom stereocenters. The van der Waals surface area contributed by atoms with Gasteiger partial charge in [-0.05, 0) is 47.8 Å². The fraction of sp³-hybridized carbons (Fsp3) is 0.500. The highest BCUT2D eigenvalue weighted by Gasteiger charge is 2.29. The van der Waals surface area contributed by atoms with Gasteiger partial charge in [0, 0.05) is 17.6 Å². The summed E-state index contributed by atoms with van der Waals surface area (Å²) in [5.41, 5.74) is 0.749. The smallest absolute Gasteiger partial charge is 0.280 e. The van der Waals surface area contributed by atoms with E-state index in [0.717, 1.165) is 41.0 Å². The van der Waals surface area contributed by atoms with E-state index in [1.807, 2.05) is 43.1 Å². The Bertz CT molecular complexity index is 544. The van der Waals surface area contributed by atoms with Crippen LogP contribution in [-0.2, 0) is 9.59 Å². The lowest BCUT2D eigenvalue weighted by Crippen LogP contribution is -3.15. The Labute approximate surface area is 139 Å². The Hall–Kier alpha value is -1.40. The van der Waals surface area contributed by atoms with Gasteiger partial charge in [-0.2, -0.15) is 0 Å². The van der Waals surface area contributed by atoms with Gasteiger partial charge in [-0.1, -0.05) is 12.1 Å². The van der Waals surface area contributed by atoms with Gasteiger partial charge in [0.05, 0.1) is 12.7 Å². The van der Waals surface area contributed by atoms with Crippen molar-refractivity contribution in [2.45, 2.75) is 25.8 Å². The highest BCUT2D eigenvalue weighted by Crippen LogP contribution is 2.20. The molecule has 0 aliphatic carbocycles. The minimum absolute atomic E-state index is 0.0922. The summed E-state index contributed by atoms with van der Waals surface area (Å²) < 4.78 is 0.849. The Kier molecular flexibility index (Phi) is 5.97. The van der Waals surface area contributed by atoms with Crippen LogP contribution in [0.3, 0.4) is 0 Å². The molecule has 120 valence electrons. The maximum atomic E-state index is 12.3. The van der Waals surface area contributed by atoms with Crippen molar-refractivity contribution in [3.8, 4) is 0 Å². The summed E-state index contributed by atoms with van der Waals surface area (Å²) in [5, 5.41) is 2.87. The van der Waals surface area contributed by atoms with E-state index in [4.69, 9.17) is 0 Å². The normalized spacial score (nSPS) is 17.1. The molecule has 2 atom stereocenters. The summed E-state index contributed by atoms with van der Waals surface area (Å²) in [5.74, 6) is 0.0502. The van der Waals surface area contributed by atoms with Gasteiger partial charge in [0.1, 0.15) is 0 Å². The number of nitrogens with zero attached hydrogens (tertiary/aromatic N) is 1. The average Bonchev–Trinajstić information content (AvgIpc) is 3.02. The largest absolute Gasteiger partial charge is 0.338 e. The summed E-state index contributed by atoms with van der Waals surface area (Å²) in [4.78, 5) is 27.3. The number of hydrogen-bond acceptors (Lipinski definition) is 2. The monoisotopic (exact) mass is 368 g/mol. The van der Waals surface area contributed by atoms with Crippen molar-refractivity contribution in [3.63, 3.8) is 0 Å². The van der Waals surface area contributed by atoms with Gasteiger partial charge in [-0.3, -0.25) is 9.59 Å². The van der Waals surface area contributed by atoms with E-state index in [0.29, 0.717) is 0 Å². The van der Waals surface area contributed by atoms with Crippen molar-refractivity contribution in [1.29, 1.82) is 0 Å². The summed E-state index contributed by atoms with van der Waals surface area (Å²) in [6, 6.07) is 7.29. The van der Waals surface area contributed by atoms with Crippen LogP contribution in [0, 0.1) is 0 Å². The molecule has 0 spiro atoms. The lowest BCUT2D eigenvalue weighted by Gasteiger charge is -2.25. The number of carbonyl (C=O) groups is 2. The van der Waals surface area contributed by atoms with Crippen molar-refractivity contribution in [2.24, 2.45) is 0 Å². The number of likely N-dealkylation sites (tertiary alicyclic amines) is 1. The molecule has 2 amide bonds. The number of quaternary nitrogens is 1. The van der Waals surface area contributed by atoms with Gasteiger partial charge < -0.3 is 15.1 Å². The Morgan fingerprint density at radius 1 is 1.32 bits per heavy atom. The first-order valence-electron chi connectivity index (χ1n) is 7.64. The Morgan fingerprint density at radius 2 is 1.95 bits per heavy atom. The number of anilines is 1. The van der Waals surface area contributed by atoms with Crippen molar-refractivity contribution in [3.05, 3.63) is 28.7 Å². The number of para-hydroxylation sites is 1. The van der Waals surface area contributed by atoms with Crippen molar-refractivity contribution < 1.29 is 14.5 Å². The summed E-state index contributed by atoms with van der Waals surface area (Å²) in [6.45, 7) is 3.85. The minimum atomic E-state index is -0.205. The molecular weight excluding hydrogens is 346 g/mol. The lowest BCUT2D eigenvalue weighted by molar-refractivity contribution is -0.886. The number of hydrogen-bond donors (Lipinski definition) is 2. The van der Waals surface area contributed by atoms with Crippen LogP contribution in [0.15, 0.2) is 28.7 Å². The highest BCUT2D eigenvalue weighted by molar-refractivity contribution is 9.10. The van der Waals surface area contributed by atoms with Gasteiger partial charge in [0.2, 0.25) is 0 Å². The van der Waals surface area contributed by atoms with Crippen molar-refractivity contribution >= 4 is 33.4 Å². The number of halogens is 1. The van der Waals surface area contributed by atoms with Crippen LogP contribution < -0.4 is 10.2 Å². The molecule has 1 aromatic rings. The predicted molar refractivity (Wildman–Crippen MR) is 89.8 cm³/mol. The average molecular weight is 369 g/mol. The van der Waals surface area contributed by atoms with Crippen LogP contribution in [0.5, 0.6) is 0 Å². The molecule has 2 rings (SSSR count). The molecule has 1 aliphatic heterocycles. The summed E-state index contributed by atoms with van der Waals surface area (Å²) in [6.07, 6.45) is 2.17. The molecule has 0 saturated carbocycles. The third kappa shape index (κ3) is 4.30. The van der Waals surface area contributed by atoms with Gasteiger partial charge >= 0.3 is 0 Å². The van der Waals surface area contributed by atoms with Crippen LogP contribution in [0.4, 0.5) is 5.69 Å². The fourth-order valence-electron chi connectivity index (χ4n) is 2.59. The first-order chi connectivity index (χ1) is 10.5. The molecule has 22 heavy (non-hydrogen) atoms. The standard InChI is InChI=1S/C16H22BrN3O2/c1-12(16(22)20-9-5-6-10-20)19(2)11-15(21)18-14-8-4-3-7-13(14)17/h3-4,7-8,12H,5-6,9-11H2,1-2H3,(H,18,21)/p+1/t12-/m0/s1. The molecule has 1 fully saturated rings. The molecule has 1 heterocycles.